The van der Waals surface area contributed by atoms with Gasteiger partial charge in [0.15, 0.2) is 6.61 Å². The Morgan fingerprint density at radius 2 is 1.53 bits per heavy atom. The summed E-state index contributed by atoms with van der Waals surface area (Å²) in [7, 11) is 0. The predicted molar refractivity (Wildman–Crippen MR) is 119 cm³/mol. The summed E-state index contributed by atoms with van der Waals surface area (Å²) in [6.07, 6.45) is 0. The number of hydrogen-bond acceptors (Lipinski definition) is 4. The smallest absolute Gasteiger partial charge is 0.259 e. The molecule has 0 atom stereocenters. The van der Waals surface area contributed by atoms with E-state index in [2.05, 4.69) is 16.0 Å². The fourth-order valence-corrected chi connectivity index (χ4v) is 2.81. The minimum Gasteiger partial charge on any atom is -0.483 e. The van der Waals surface area contributed by atoms with E-state index in [0.29, 0.717) is 16.4 Å². The standard InChI is InChI=1S/C23H19ClFN3O4/c24-15-6-11-20(19(12-15)23(31)28-17-4-2-1-3-5-17)32-14-22(30)26-13-21(29)27-18-9-7-16(25)8-10-18/h1-12H,13-14H2,(H,26,30)(H,27,29)(H,28,31). The Balaban J connectivity index is 1.53. The third kappa shape index (κ3) is 6.82. The zero-order valence-corrected chi connectivity index (χ0v) is 17.5. The highest BCUT2D eigenvalue weighted by molar-refractivity contribution is 6.31. The number of carbonyl (C=O) groups excluding carboxylic acids is 3. The van der Waals surface area contributed by atoms with Crippen LogP contribution in [-0.4, -0.2) is 30.9 Å². The van der Waals surface area contributed by atoms with Gasteiger partial charge in [0.05, 0.1) is 12.1 Å². The number of ether oxygens (including phenoxy) is 1. The summed E-state index contributed by atoms with van der Waals surface area (Å²) in [6.45, 7) is -0.724. The summed E-state index contributed by atoms with van der Waals surface area (Å²) in [6, 6.07) is 18.5. The number of rotatable bonds is 8. The average molecular weight is 456 g/mol. The van der Waals surface area contributed by atoms with Crippen LogP contribution < -0.4 is 20.7 Å². The van der Waals surface area contributed by atoms with Gasteiger partial charge in [-0.1, -0.05) is 29.8 Å². The molecule has 32 heavy (non-hydrogen) atoms. The Bertz CT molecular complexity index is 1110. The maximum absolute atomic E-state index is 12.9. The summed E-state index contributed by atoms with van der Waals surface area (Å²) >= 11 is 6.01. The predicted octanol–water partition coefficient (Wildman–Crippen LogP) is 3.87. The molecule has 0 aliphatic rings. The maximum atomic E-state index is 12.9. The molecular formula is C23H19ClFN3O4. The van der Waals surface area contributed by atoms with Gasteiger partial charge in [-0.05, 0) is 54.6 Å². The molecule has 0 heterocycles. The van der Waals surface area contributed by atoms with Gasteiger partial charge in [0.2, 0.25) is 5.91 Å². The van der Waals surface area contributed by atoms with Crippen molar-refractivity contribution in [2.24, 2.45) is 0 Å². The number of carbonyl (C=O) groups is 3. The van der Waals surface area contributed by atoms with Crippen LogP contribution in [0, 0.1) is 5.82 Å². The normalized spacial score (nSPS) is 10.2. The maximum Gasteiger partial charge on any atom is 0.259 e. The van der Waals surface area contributed by atoms with Crippen molar-refractivity contribution in [1.29, 1.82) is 0 Å². The van der Waals surface area contributed by atoms with Gasteiger partial charge in [0, 0.05) is 16.4 Å². The van der Waals surface area contributed by atoms with Crippen molar-refractivity contribution in [2.75, 3.05) is 23.8 Å². The van der Waals surface area contributed by atoms with E-state index in [4.69, 9.17) is 16.3 Å². The van der Waals surface area contributed by atoms with Gasteiger partial charge < -0.3 is 20.7 Å². The van der Waals surface area contributed by atoms with Crippen LogP contribution in [0.15, 0.2) is 72.8 Å². The van der Waals surface area contributed by atoms with Gasteiger partial charge in [-0.25, -0.2) is 4.39 Å². The molecule has 0 fully saturated rings. The quantitative estimate of drug-likeness (QED) is 0.480. The Morgan fingerprint density at radius 3 is 2.25 bits per heavy atom. The van der Waals surface area contributed by atoms with E-state index in [9.17, 15) is 18.8 Å². The van der Waals surface area contributed by atoms with Crippen molar-refractivity contribution in [3.63, 3.8) is 0 Å². The number of benzene rings is 3. The van der Waals surface area contributed by atoms with Gasteiger partial charge in [-0.15, -0.1) is 0 Å². The summed E-state index contributed by atoms with van der Waals surface area (Å²) in [5.41, 5.74) is 1.15. The molecule has 164 valence electrons. The molecule has 0 aliphatic carbocycles. The van der Waals surface area contributed by atoms with Crippen LogP contribution >= 0.6 is 11.6 Å². The molecule has 0 saturated carbocycles. The summed E-state index contributed by atoms with van der Waals surface area (Å²) in [4.78, 5) is 36.6. The third-order valence-electron chi connectivity index (χ3n) is 4.15. The average Bonchev–Trinajstić information content (AvgIpc) is 2.79. The highest BCUT2D eigenvalue weighted by Crippen LogP contribution is 2.24. The van der Waals surface area contributed by atoms with E-state index in [1.165, 1.54) is 42.5 Å². The molecule has 0 aromatic heterocycles. The van der Waals surface area contributed by atoms with Crippen molar-refractivity contribution in [3.05, 3.63) is 89.2 Å². The van der Waals surface area contributed by atoms with E-state index >= 15 is 0 Å². The molecule has 0 spiro atoms. The van der Waals surface area contributed by atoms with Crippen LogP contribution in [0.2, 0.25) is 5.02 Å². The van der Waals surface area contributed by atoms with Crippen molar-refractivity contribution in [3.8, 4) is 5.75 Å². The largest absolute Gasteiger partial charge is 0.483 e. The third-order valence-corrected chi connectivity index (χ3v) is 4.39. The molecule has 7 nitrogen and oxygen atoms in total. The van der Waals surface area contributed by atoms with Crippen LogP contribution in [0.3, 0.4) is 0 Å². The summed E-state index contributed by atoms with van der Waals surface area (Å²) < 4.78 is 18.4. The van der Waals surface area contributed by atoms with E-state index < -0.39 is 30.1 Å². The minimum atomic E-state index is -0.566. The van der Waals surface area contributed by atoms with Crippen LogP contribution in [0.25, 0.3) is 0 Å². The fraction of sp³-hybridized carbons (Fsp3) is 0.0870. The molecule has 3 N–H and O–H groups in total. The summed E-state index contributed by atoms with van der Waals surface area (Å²) in [5, 5.41) is 7.99. The first kappa shape index (κ1) is 22.8. The van der Waals surface area contributed by atoms with E-state index in [0.717, 1.165) is 0 Å². The Labute approximate surface area is 188 Å². The Morgan fingerprint density at radius 1 is 0.844 bits per heavy atom. The van der Waals surface area contributed by atoms with Crippen molar-refractivity contribution < 1.29 is 23.5 Å². The molecule has 3 amide bonds. The monoisotopic (exact) mass is 455 g/mol. The number of hydrogen-bond donors (Lipinski definition) is 3. The zero-order chi connectivity index (χ0) is 22.9. The Hall–Kier alpha value is -3.91. The lowest BCUT2D eigenvalue weighted by atomic mass is 10.2. The SMILES string of the molecule is O=C(COc1ccc(Cl)cc1C(=O)Nc1ccccc1)NCC(=O)Nc1ccc(F)cc1. The number of anilines is 2. The van der Waals surface area contributed by atoms with Crippen LogP contribution in [0.1, 0.15) is 10.4 Å². The lowest BCUT2D eigenvalue weighted by Crippen LogP contribution is -2.35. The molecule has 0 bridgehead atoms. The number of para-hydroxylation sites is 1. The van der Waals surface area contributed by atoms with Gasteiger partial charge in [-0.3, -0.25) is 14.4 Å². The van der Waals surface area contributed by atoms with E-state index in [1.807, 2.05) is 6.07 Å². The van der Waals surface area contributed by atoms with Crippen molar-refractivity contribution in [2.45, 2.75) is 0 Å². The number of halogens is 2. The lowest BCUT2D eigenvalue weighted by molar-refractivity contribution is -0.125. The summed E-state index contributed by atoms with van der Waals surface area (Å²) in [5.74, 6) is -1.77. The second kappa shape index (κ2) is 10.9. The topological polar surface area (TPSA) is 96.5 Å². The number of nitrogens with one attached hydrogen (secondary N) is 3. The molecule has 3 rings (SSSR count). The van der Waals surface area contributed by atoms with Crippen molar-refractivity contribution in [1.82, 2.24) is 5.32 Å². The minimum absolute atomic E-state index is 0.156. The molecule has 0 saturated heterocycles. The van der Waals surface area contributed by atoms with Gasteiger partial charge in [-0.2, -0.15) is 0 Å². The molecule has 3 aromatic rings. The lowest BCUT2D eigenvalue weighted by Gasteiger charge is -2.12. The highest BCUT2D eigenvalue weighted by Gasteiger charge is 2.15. The molecule has 9 heteroatoms. The second-order valence-corrected chi connectivity index (χ2v) is 7.02. The van der Waals surface area contributed by atoms with Crippen LogP contribution in [-0.2, 0) is 9.59 Å². The zero-order valence-electron chi connectivity index (χ0n) is 16.7. The van der Waals surface area contributed by atoms with Gasteiger partial charge >= 0.3 is 0 Å². The Kier molecular flexibility index (Phi) is 7.77. The first-order valence-electron chi connectivity index (χ1n) is 9.51. The molecule has 0 unspecified atom stereocenters. The highest BCUT2D eigenvalue weighted by atomic mass is 35.5. The van der Waals surface area contributed by atoms with E-state index in [-0.39, 0.29) is 17.9 Å². The van der Waals surface area contributed by atoms with Crippen LogP contribution in [0.5, 0.6) is 5.75 Å². The first-order valence-corrected chi connectivity index (χ1v) is 9.89. The fourth-order valence-electron chi connectivity index (χ4n) is 2.64. The van der Waals surface area contributed by atoms with Gasteiger partial charge in [0.1, 0.15) is 11.6 Å². The van der Waals surface area contributed by atoms with E-state index in [1.54, 1.807) is 24.3 Å². The van der Waals surface area contributed by atoms with Crippen molar-refractivity contribution >= 4 is 40.7 Å². The second-order valence-electron chi connectivity index (χ2n) is 6.58. The molecule has 3 aromatic carbocycles. The van der Waals surface area contributed by atoms with Crippen LogP contribution in [0.4, 0.5) is 15.8 Å². The van der Waals surface area contributed by atoms with Gasteiger partial charge in [0.25, 0.3) is 11.8 Å². The molecule has 0 radical (unpaired) electrons. The molecule has 0 aliphatic heterocycles. The first-order chi connectivity index (χ1) is 15.4. The molecular weight excluding hydrogens is 437 g/mol. The number of amides is 3.